The third-order valence-electron chi connectivity index (χ3n) is 2.16. The average Bonchev–Trinajstić information content (AvgIpc) is 2.73. The van der Waals surface area contributed by atoms with Crippen LogP contribution in [0.15, 0.2) is 18.3 Å². The fourth-order valence-electron chi connectivity index (χ4n) is 1.40. The van der Waals surface area contributed by atoms with E-state index in [2.05, 4.69) is 10.2 Å². The number of halogens is 3. The lowest BCUT2D eigenvalue weighted by Crippen LogP contribution is -2.01. The van der Waals surface area contributed by atoms with Crippen molar-refractivity contribution in [1.82, 2.24) is 10.2 Å². The standard InChI is InChI=1S/C10H5F3N2O2/c11-5-1-2-6(12)8(13)7(5)9-4(10(16)17)3-14-15-9/h1-3H,(H,14,15)(H,16,17). The number of hydrogen-bond acceptors (Lipinski definition) is 2. The van der Waals surface area contributed by atoms with Gasteiger partial charge in [0, 0.05) is 0 Å². The van der Waals surface area contributed by atoms with Crippen LogP contribution in [0.1, 0.15) is 10.4 Å². The minimum absolute atomic E-state index is 0.410. The molecule has 0 amide bonds. The van der Waals surface area contributed by atoms with Gasteiger partial charge in [0.15, 0.2) is 11.6 Å². The summed E-state index contributed by atoms with van der Waals surface area (Å²) in [5.74, 6) is -5.23. The van der Waals surface area contributed by atoms with E-state index in [1.54, 1.807) is 0 Å². The van der Waals surface area contributed by atoms with E-state index >= 15 is 0 Å². The molecule has 0 atom stereocenters. The average molecular weight is 242 g/mol. The van der Waals surface area contributed by atoms with Crippen molar-refractivity contribution in [3.63, 3.8) is 0 Å². The molecule has 0 spiro atoms. The van der Waals surface area contributed by atoms with Crippen molar-refractivity contribution in [1.29, 1.82) is 0 Å². The van der Waals surface area contributed by atoms with Crippen molar-refractivity contribution in [2.75, 3.05) is 0 Å². The second kappa shape index (κ2) is 3.93. The molecule has 1 aromatic heterocycles. The Hall–Kier alpha value is -2.31. The summed E-state index contributed by atoms with van der Waals surface area (Å²) in [6, 6.07) is 1.32. The van der Waals surface area contributed by atoms with Gasteiger partial charge in [0.25, 0.3) is 0 Å². The number of benzene rings is 1. The van der Waals surface area contributed by atoms with E-state index < -0.39 is 40.2 Å². The lowest BCUT2D eigenvalue weighted by molar-refractivity contribution is 0.0698. The van der Waals surface area contributed by atoms with E-state index in [0.717, 1.165) is 6.20 Å². The van der Waals surface area contributed by atoms with Crippen LogP contribution in [0, 0.1) is 17.5 Å². The molecule has 2 aromatic rings. The maximum absolute atomic E-state index is 13.4. The maximum atomic E-state index is 13.4. The van der Waals surface area contributed by atoms with Crippen molar-refractivity contribution in [2.24, 2.45) is 0 Å². The first kappa shape index (κ1) is 11.2. The van der Waals surface area contributed by atoms with Gasteiger partial charge in [-0.2, -0.15) is 5.10 Å². The zero-order valence-corrected chi connectivity index (χ0v) is 8.17. The molecule has 88 valence electrons. The van der Waals surface area contributed by atoms with E-state index in [0.29, 0.717) is 12.1 Å². The number of nitrogens with zero attached hydrogens (tertiary/aromatic N) is 1. The molecule has 0 bridgehead atoms. The third kappa shape index (κ3) is 1.75. The van der Waals surface area contributed by atoms with Gasteiger partial charge in [-0.05, 0) is 12.1 Å². The van der Waals surface area contributed by atoms with Crippen LogP contribution in [0.3, 0.4) is 0 Å². The molecule has 2 N–H and O–H groups in total. The predicted octanol–water partition coefficient (Wildman–Crippen LogP) is 2.19. The van der Waals surface area contributed by atoms with Crippen molar-refractivity contribution < 1.29 is 23.1 Å². The zero-order valence-electron chi connectivity index (χ0n) is 8.17. The van der Waals surface area contributed by atoms with Crippen LogP contribution in [-0.2, 0) is 0 Å². The monoisotopic (exact) mass is 242 g/mol. The van der Waals surface area contributed by atoms with Crippen LogP contribution < -0.4 is 0 Å². The van der Waals surface area contributed by atoms with Crippen LogP contribution in [0.4, 0.5) is 13.2 Å². The SMILES string of the molecule is O=C(O)c1cn[nH]c1-c1c(F)ccc(F)c1F. The van der Waals surface area contributed by atoms with Crippen molar-refractivity contribution >= 4 is 5.97 Å². The lowest BCUT2D eigenvalue weighted by Gasteiger charge is -2.04. The van der Waals surface area contributed by atoms with E-state index in [-0.39, 0.29) is 0 Å². The van der Waals surface area contributed by atoms with Crippen LogP contribution in [-0.4, -0.2) is 21.3 Å². The molecule has 2 rings (SSSR count). The van der Waals surface area contributed by atoms with E-state index in [1.807, 2.05) is 0 Å². The molecular formula is C10H5F3N2O2. The number of carbonyl (C=O) groups is 1. The number of nitrogens with one attached hydrogen (secondary N) is 1. The molecular weight excluding hydrogens is 237 g/mol. The first-order chi connectivity index (χ1) is 8.02. The van der Waals surface area contributed by atoms with Gasteiger partial charge in [-0.25, -0.2) is 18.0 Å². The summed E-state index contributed by atoms with van der Waals surface area (Å²) in [4.78, 5) is 10.8. The molecule has 0 unspecified atom stereocenters. The fraction of sp³-hybridized carbons (Fsp3) is 0. The van der Waals surface area contributed by atoms with Crippen LogP contribution >= 0.6 is 0 Å². The molecule has 1 heterocycles. The molecule has 7 heteroatoms. The molecule has 1 aromatic carbocycles. The lowest BCUT2D eigenvalue weighted by atomic mass is 10.1. The highest BCUT2D eigenvalue weighted by Crippen LogP contribution is 2.28. The van der Waals surface area contributed by atoms with Gasteiger partial charge in [0.2, 0.25) is 0 Å². The van der Waals surface area contributed by atoms with Crippen molar-refractivity contribution in [3.05, 3.63) is 41.3 Å². The number of aromatic nitrogens is 2. The predicted molar refractivity (Wildman–Crippen MR) is 50.9 cm³/mol. The minimum atomic E-state index is -1.46. The highest BCUT2D eigenvalue weighted by atomic mass is 19.2. The Balaban J connectivity index is 2.72. The summed E-state index contributed by atoms with van der Waals surface area (Å²) in [5, 5.41) is 14.3. The molecule has 0 radical (unpaired) electrons. The minimum Gasteiger partial charge on any atom is -0.478 e. The summed E-state index contributed by atoms with van der Waals surface area (Å²) in [5.41, 5.74) is -1.62. The Bertz CT molecular complexity index is 595. The van der Waals surface area contributed by atoms with Crippen LogP contribution in [0.2, 0.25) is 0 Å². The number of carboxylic acids is 1. The Labute approximate surface area is 92.7 Å². The number of H-pyrrole nitrogens is 1. The van der Waals surface area contributed by atoms with Crippen molar-refractivity contribution in [2.45, 2.75) is 0 Å². The van der Waals surface area contributed by atoms with Gasteiger partial charge in [0.05, 0.1) is 17.5 Å². The Morgan fingerprint density at radius 3 is 2.53 bits per heavy atom. The number of carboxylic acid groups (broad SMARTS) is 1. The number of rotatable bonds is 2. The normalized spacial score (nSPS) is 10.5. The maximum Gasteiger partial charge on any atom is 0.339 e. The Morgan fingerprint density at radius 2 is 1.88 bits per heavy atom. The van der Waals surface area contributed by atoms with Crippen LogP contribution in [0.5, 0.6) is 0 Å². The second-order valence-electron chi connectivity index (χ2n) is 3.18. The first-order valence-corrected chi connectivity index (χ1v) is 4.43. The van der Waals surface area contributed by atoms with E-state index in [1.165, 1.54) is 0 Å². The molecule has 0 saturated carbocycles. The smallest absolute Gasteiger partial charge is 0.339 e. The summed E-state index contributed by atoms with van der Waals surface area (Å²) < 4.78 is 39.8. The molecule has 0 aliphatic carbocycles. The van der Waals surface area contributed by atoms with Gasteiger partial charge in [-0.15, -0.1) is 0 Å². The molecule has 0 saturated heterocycles. The second-order valence-corrected chi connectivity index (χ2v) is 3.18. The topological polar surface area (TPSA) is 66.0 Å². The van der Waals surface area contributed by atoms with Crippen molar-refractivity contribution in [3.8, 4) is 11.3 Å². The summed E-state index contributed by atoms with van der Waals surface area (Å²) in [6.07, 6.45) is 0.890. The van der Waals surface area contributed by atoms with Gasteiger partial charge in [0.1, 0.15) is 11.4 Å². The van der Waals surface area contributed by atoms with Gasteiger partial charge in [-0.3, -0.25) is 5.10 Å². The number of hydrogen-bond donors (Lipinski definition) is 2. The molecule has 4 nitrogen and oxygen atoms in total. The molecule has 0 aliphatic rings. The number of aromatic carboxylic acids is 1. The Morgan fingerprint density at radius 1 is 1.24 bits per heavy atom. The largest absolute Gasteiger partial charge is 0.478 e. The number of aromatic amines is 1. The summed E-state index contributed by atoms with van der Waals surface area (Å²) in [6.45, 7) is 0. The van der Waals surface area contributed by atoms with E-state index in [9.17, 15) is 18.0 Å². The third-order valence-corrected chi connectivity index (χ3v) is 2.16. The van der Waals surface area contributed by atoms with Gasteiger partial charge < -0.3 is 5.11 Å². The summed E-state index contributed by atoms with van der Waals surface area (Å²) >= 11 is 0. The quantitative estimate of drug-likeness (QED) is 0.793. The molecule has 17 heavy (non-hydrogen) atoms. The highest BCUT2D eigenvalue weighted by Gasteiger charge is 2.22. The Kier molecular flexibility index (Phi) is 2.58. The zero-order chi connectivity index (χ0) is 12.6. The molecule has 0 fully saturated rings. The highest BCUT2D eigenvalue weighted by molar-refractivity contribution is 5.94. The first-order valence-electron chi connectivity index (χ1n) is 4.43. The fourth-order valence-corrected chi connectivity index (χ4v) is 1.40. The van der Waals surface area contributed by atoms with Crippen LogP contribution in [0.25, 0.3) is 11.3 Å². The summed E-state index contributed by atoms with van der Waals surface area (Å²) in [7, 11) is 0. The molecule has 0 aliphatic heterocycles. The van der Waals surface area contributed by atoms with E-state index in [4.69, 9.17) is 5.11 Å². The van der Waals surface area contributed by atoms with Gasteiger partial charge in [-0.1, -0.05) is 0 Å². The van der Waals surface area contributed by atoms with Gasteiger partial charge >= 0.3 is 5.97 Å².